The maximum atomic E-state index is 12.0. The molecule has 5 aliphatic carbocycles. The predicted octanol–water partition coefficient (Wildman–Crippen LogP) is 5.79. The third kappa shape index (κ3) is 2.08. The van der Waals surface area contributed by atoms with Crippen molar-refractivity contribution in [1.82, 2.24) is 0 Å². The van der Waals surface area contributed by atoms with Gasteiger partial charge in [-0.15, -0.1) is 0 Å². The van der Waals surface area contributed by atoms with Crippen LogP contribution in [0.15, 0.2) is 11.6 Å². The molecule has 0 radical (unpaired) electrons. The van der Waals surface area contributed by atoms with Gasteiger partial charge < -0.3 is 0 Å². The van der Waals surface area contributed by atoms with Crippen LogP contribution in [0.5, 0.6) is 0 Å². The fourth-order valence-electron chi connectivity index (χ4n) is 8.16. The van der Waals surface area contributed by atoms with E-state index in [1.165, 1.54) is 57.8 Å². The van der Waals surface area contributed by atoms with Crippen molar-refractivity contribution in [3.05, 3.63) is 11.6 Å². The molecular weight excluding hydrogens is 292 g/mol. The maximum Gasteiger partial charge on any atom is 0.155 e. The van der Waals surface area contributed by atoms with Gasteiger partial charge >= 0.3 is 0 Å². The second-order valence-electron chi connectivity index (χ2n) is 9.99. The Morgan fingerprint density at radius 3 is 2.67 bits per heavy atom. The molecule has 4 fully saturated rings. The van der Waals surface area contributed by atoms with Crippen molar-refractivity contribution in [3.63, 3.8) is 0 Å². The van der Waals surface area contributed by atoms with Crippen LogP contribution in [-0.2, 0) is 4.79 Å². The fraction of sp³-hybridized carbons (Fsp3) is 0.870. The van der Waals surface area contributed by atoms with Gasteiger partial charge in [0.15, 0.2) is 5.78 Å². The number of fused-ring (bicyclic) bond motifs is 5. The Kier molecular flexibility index (Phi) is 3.55. The predicted molar refractivity (Wildman–Crippen MR) is 97.5 cm³/mol. The van der Waals surface area contributed by atoms with Gasteiger partial charge in [0, 0.05) is 6.42 Å². The molecular formula is C23H34O. The van der Waals surface area contributed by atoms with Gasteiger partial charge in [-0.2, -0.15) is 0 Å². The molecule has 0 aromatic heterocycles. The van der Waals surface area contributed by atoms with Gasteiger partial charge in [0.05, 0.1) is 0 Å². The second kappa shape index (κ2) is 5.45. The number of hydrogen-bond acceptors (Lipinski definition) is 1. The molecule has 0 aromatic carbocycles. The topological polar surface area (TPSA) is 17.1 Å². The van der Waals surface area contributed by atoms with Crippen LogP contribution in [0.2, 0.25) is 0 Å². The molecule has 4 saturated carbocycles. The molecule has 132 valence electrons. The van der Waals surface area contributed by atoms with E-state index >= 15 is 0 Å². The Hall–Kier alpha value is -0.590. The minimum atomic E-state index is 0.419. The molecule has 7 atom stereocenters. The van der Waals surface area contributed by atoms with Crippen molar-refractivity contribution in [1.29, 1.82) is 0 Å². The van der Waals surface area contributed by atoms with Crippen molar-refractivity contribution in [3.8, 4) is 0 Å². The van der Waals surface area contributed by atoms with Crippen LogP contribution in [0.3, 0.4) is 0 Å². The minimum absolute atomic E-state index is 0.419. The van der Waals surface area contributed by atoms with Gasteiger partial charge in [0.25, 0.3) is 0 Å². The van der Waals surface area contributed by atoms with Crippen molar-refractivity contribution in [2.75, 3.05) is 0 Å². The first-order valence-electron chi connectivity index (χ1n) is 10.9. The summed E-state index contributed by atoms with van der Waals surface area (Å²) in [6, 6.07) is 0. The first-order chi connectivity index (χ1) is 11.6. The second-order valence-corrected chi connectivity index (χ2v) is 9.99. The van der Waals surface area contributed by atoms with Crippen molar-refractivity contribution < 1.29 is 4.79 Å². The largest absolute Gasteiger partial charge is 0.295 e. The number of hydrogen-bond donors (Lipinski definition) is 0. The van der Waals surface area contributed by atoms with Crippen LogP contribution >= 0.6 is 0 Å². The van der Waals surface area contributed by atoms with E-state index in [1.807, 2.05) is 0 Å². The lowest BCUT2D eigenvalue weighted by Crippen LogP contribution is -2.50. The Morgan fingerprint density at radius 1 is 1.08 bits per heavy atom. The van der Waals surface area contributed by atoms with Crippen LogP contribution in [-0.4, -0.2) is 5.78 Å². The molecule has 0 spiro atoms. The summed E-state index contributed by atoms with van der Waals surface area (Å²) in [5.41, 5.74) is 2.25. The van der Waals surface area contributed by atoms with E-state index in [9.17, 15) is 4.79 Å². The van der Waals surface area contributed by atoms with E-state index in [1.54, 1.807) is 5.57 Å². The summed E-state index contributed by atoms with van der Waals surface area (Å²) in [6.07, 6.45) is 15.6. The van der Waals surface area contributed by atoms with E-state index in [2.05, 4.69) is 19.9 Å². The third-order valence-electron chi connectivity index (χ3n) is 9.43. The summed E-state index contributed by atoms with van der Waals surface area (Å²) in [7, 11) is 0. The summed E-state index contributed by atoms with van der Waals surface area (Å²) in [5.74, 6) is 6.96. The van der Waals surface area contributed by atoms with Gasteiger partial charge in [-0.3, -0.25) is 4.79 Å². The SMILES string of the molecule is CCC12CCC3C4CCC(=O)C=C4CC(C4CC4)C3C1CCC2C. The minimum Gasteiger partial charge on any atom is -0.295 e. The summed E-state index contributed by atoms with van der Waals surface area (Å²) >= 11 is 0. The lowest BCUT2D eigenvalue weighted by atomic mass is 9.47. The van der Waals surface area contributed by atoms with E-state index in [0.29, 0.717) is 11.2 Å². The van der Waals surface area contributed by atoms with E-state index in [0.717, 1.165) is 47.8 Å². The highest BCUT2D eigenvalue weighted by atomic mass is 16.1. The van der Waals surface area contributed by atoms with Gasteiger partial charge in [-0.25, -0.2) is 0 Å². The van der Waals surface area contributed by atoms with Gasteiger partial charge in [0.2, 0.25) is 0 Å². The summed E-state index contributed by atoms with van der Waals surface area (Å²) in [5, 5.41) is 0. The molecule has 0 bridgehead atoms. The zero-order valence-corrected chi connectivity index (χ0v) is 15.6. The molecule has 5 rings (SSSR count). The van der Waals surface area contributed by atoms with Crippen LogP contribution in [0.1, 0.15) is 78.1 Å². The Labute approximate surface area is 147 Å². The highest BCUT2D eigenvalue weighted by Gasteiger charge is 2.60. The number of carbonyl (C=O) groups is 1. The van der Waals surface area contributed by atoms with Crippen LogP contribution in [0, 0.1) is 46.8 Å². The molecule has 24 heavy (non-hydrogen) atoms. The number of carbonyl (C=O) groups excluding carboxylic acids is 1. The van der Waals surface area contributed by atoms with E-state index in [4.69, 9.17) is 0 Å². The summed E-state index contributed by atoms with van der Waals surface area (Å²) < 4.78 is 0. The highest BCUT2D eigenvalue weighted by Crippen LogP contribution is 2.68. The van der Waals surface area contributed by atoms with Gasteiger partial charge in [-0.05, 0) is 111 Å². The Bertz CT molecular complexity index is 571. The fourth-order valence-corrected chi connectivity index (χ4v) is 8.16. The molecule has 0 aromatic rings. The molecule has 0 heterocycles. The smallest absolute Gasteiger partial charge is 0.155 e. The molecule has 7 unspecified atom stereocenters. The molecule has 1 heteroatoms. The Morgan fingerprint density at radius 2 is 1.92 bits per heavy atom. The first-order valence-corrected chi connectivity index (χ1v) is 10.9. The molecule has 1 nitrogen and oxygen atoms in total. The standard InChI is InChI=1S/C23H34O/c1-3-23-11-10-19-18-8-7-17(24)12-16(18)13-20(15-5-6-15)22(19)21(23)9-4-14(23)2/h12,14-15,18-22H,3-11,13H2,1-2H3. The summed E-state index contributed by atoms with van der Waals surface area (Å²) in [6.45, 7) is 5.04. The summed E-state index contributed by atoms with van der Waals surface area (Å²) in [4.78, 5) is 12.0. The van der Waals surface area contributed by atoms with E-state index < -0.39 is 0 Å². The van der Waals surface area contributed by atoms with E-state index in [-0.39, 0.29) is 0 Å². The van der Waals surface area contributed by atoms with Crippen LogP contribution in [0.25, 0.3) is 0 Å². The normalized spacial score (nSPS) is 50.8. The maximum absolute atomic E-state index is 12.0. The van der Waals surface area contributed by atoms with Gasteiger partial charge in [-0.1, -0.05) is 19.4 Å². The lowest BCUT2D eigenvalue weighted by molar-refractivity contribution is -0.116. The third-order valence-corrected chi connectivity index (χ3v) is 9.43. The molecule has 0 N–H and O–H groups in total. The van der Waals surface area contributed by atoms with Crippen molar-refractivity contribution in [2.24, 2.45) is 46.8 Å². The molecule has 5 aliphatic rings. The molecule has 0 aliphatic heterocycles. The first kappa shape index (κ1) is 15.6. The zero-order valence-electron chi connectivity index (χ0n) is 15.6. The quantitative estimate of drug-likeness (QED) is 0.627. The van der Waals surface area contributed by atoms with Crippen LogP contribution in [0.4, 0.5) is 0 Å². The molecule has 0 saturated heterocycles. The monoisotopic (exact) mass is 326 g/mol. The van der Waals surface area contributed by atoms with Gasteiger partial charge in [0.1, 0.15) is 0 Å². The highest BCUT2D eigenvalue weighted by molar-refractivity contribution is 5.91. The number of ketones is 1. The lowest BCUT2D eigenvalue weighted by Gasteiger charge is -2.57. The average molecular weight is 327 g/mol. The number of allylic oxidation sites excluding steroid dienone is 1. The zero-order chi connectivity index (χ0) is 16.5. The average Bonchev–Trinajstić information content (AvgIpc) is 3.38. The number of rotatable bonds is 2. The van der Waals surface area contributed by atoms with Crippen LogP contribution < -0.4 is 0 Å². The molecule has 0 amide bonds. The van der Waals surface area contributed by atoms with Crippen molar-refractivity contribution in [2.45, 2.75) is 78.1 Å². The van der Waals surface area contributed by atoms with Crippen molar-refractivity contribution >= 4 is 5.78 Å². The Balaban J connectivity index is 1.54.